The minimum Gasteiger partial charge on any atom is -0.455 e. The summed E-state index contributed by atoms with van der Waals surface area (Å²) in [4.78, 5) is 23.3. The highest BCUT2D eigenvalue weighted by Gasteiger charge is 2.35. The largest absolute Gasteiger partial charge is 0.455 e. The van der Waals surface area contributed by atoms with Crippen molar-refractivity contribution < 1.29 is 22.7 Å². The maximum absolute atomic E-state index is 13.8. The molecule has 0 atom stereocenters. The third-order valence-electron chi connectivity index (χ3n) is 11.8. The van der Waals surface area contributed by atoms with Crippen molar-refractivity contribution in [2.24, 2.45) is 11.8 Å². The van der Waals surface area contributed by atoms with E-state index in [0.717, 1.165) is 107 Å². The average Bonchev–Trinajstić information content (AvgIpc) is 3.66. The number of hydrogen-bond acceptors (Lipinski definition) is 9. The van der Waals surface area contributed by atoms with Crippen molar-refractivity contribution in [3.05, 3.63) is 113 Å². The zero-order valence-electron chi connectivity index (χ0n) is 31.8. The van der Waals surface area contributed by atoms with Gasteiger partial charge in [-0.05, 0) is 117 Å². The van der Waals surface area contributed by atoms with E-state index in [1.165, 1.54) is 23.3 Å². The molecule has 4 aliphatic rings. The second-order valence-electron chi connectivity index (χ2n) is 16.1. The van der Waals surface area contributed by atoms with Crippen LogP contribution < -0.4 is 19.7 Å². The van der Waals surface area contributed by atoms with Gasteiger partial charge in [0.15, 0.2) is 0 Å². The van der Waals surface area contributed by atoms with Crippen molar-refractivity contribution in [1.29, 1.82) is 0 Å². The van der Waals surface area contributed by atoms with Gasteiger partial charge in [0.2, 0.25) is 0 Å². The molecule has 0 saturated carbocycles. The molecule has 3 aromatic carbocycles. The minimum atomic E-state index is -4.17. The summed E-state index contributed by atoms with van der Waals surface area (Å²) in [7, 11) is -4.17. The Morgan fingerprint density at radius 3 is 2.49 bits per heavy atom. The SMILES string of the molecule is CC1(C)Cc2ccccc2CN1CC1CCN(c2ccc(C(=O)NS(=O)(=O)c3ccc(NCC4CCOCC4)cc3)c(Oc3cnc4c(c3)C=CC4)c2)CC1. The molecular formula is C44H51N5O5S. The number of anilines is 2. The van der Waals surface area contributed by atoms with Crippen LogP contribution in [0.1, 0.15) is 72.3 Å². The third-order valence-corrected chi connectivity index (χ3v) is 13.1. The van der Waals surface area contributed by atoms with Gasteiger partial charge in [0.05, 0.1) is 22.3 Å². The second kappa shape index (κ2) is 15.8. The summed E-state index contributed by atoms with van der Waals surface area (Å²) in [6.07, 6.45) is 11.6. The van der Waals surface area contributed by atoms with Gasteiger partial charge in [0, 0.05) is 75.3 Å². The van der Waals surface area contributed by atoms with E-state index in [1.54, 1.807) is 24.4 Å². The van der Waals surface area contributed by atoms with Gasteiger partial charge in [-0.25, -0.2) is 13.1 Å². The zero-order chi connectivity index (χ0) is 38.0. The maximum atomic E-state index is 13.8. The zero-order valence-corrected chi connectivity index (χ0v) is 32.6. The second-order valence-corrected chi connectivity index (χ2v) is 17.7. The first-order valence-corrected chi connectivity index (χ1v) is 21.1. The molecule has 1 amide bonds. The summed E-state index contributed by atoms with van der Waals surface area (Å²) < 4.78 is 41.1. The van der Waals surface area contributed by atoms with E-state index in [9.17, 15) is 13.2 Å². The number of aromatic nitrogens is 1. The van der Waals surface area contributed by atoms with Crippen LogP contribution in [0.5, 0.6) is 11.5 Å². The molecule has 4 aromatic rings. The molecule has 0 unspecified atom stereocenters. The fourth-order valence-corrected chi connectivity index (χ4v) is 9.31. The molecule has 55 heavy (non-hydrogen) atoms. The predicted molar refractivity (Wildman–Crippen MR) is 216 cm³/mol. The molecule has 2 fully saturated rings. The maximum Gasteiger partial charge on any atom is 0.268 e. The Balaban J connectivity index is 0.960. The van der Waals surface area contributed by atoms with Gasteiger partial charge in [0.1, 0.15) is 11.5 Å². The van der Waals surface area contributed by atoms with Gasteiger partial charge in [0.25, 0.3) is 15.9 Å². The Labute approximate surface area is 325 Å². The van der Waals surface area contributed by atoms with Gasteiger partial charge >= 0.3 is 0 Å². The Kier molecular flexibility index (Phi) is 10.7. The van der Waals surface area contributed by atoms with E-state index < -0.39 is 15.9 Å². The summed E-state index contributed by atoms with van der Waals surface area (Å²) in [5.74, 6) is 1.09. The Hall–Kier alpha value is -4.71. The van der Waals surface area contributed by atoms with Crippen molar-refractivity contribution in [2.75, 3.05) is 49.6 Å². The van der Waals surface area contributed by atoms with Crippen molar-refractivity contribution in [1.82, 2.24) is 14.6 Å². The molecule has 4 heterocycles. The molecule has 1 aliphatic carbocycles. The molecule has 11 heteroatoms. The van der Waals surface area contributed by atoms with Crippen molar-refractivity contribution in [2.45, 2.75) is 69.4 Å². The lowest BCUT2D eigenvalue weighted by Crippen LogP contribution is -2.51. The van der Waals surface area contributed by atoms with Crippen molar-refractivity contribution in [3.8, 4) is 11.5 Å². The molecule has 2 saturated heterocycles. The first kappa shape index (κ1) is 37.2. The molecular weight excluding hydrogens is 711 g/mol. The number of rotatable bonds is 11. The average molecular weight is 762 g/mol. The quantitative estimate of drug-likeness (QED) is 0.161. The Bertz CT molecular complexity index is 2160. The smallest absolute Gasteiger partial charge is 0.268 e. The number of allylic oxidation sites excluding steroid dienone is 1. The van der Waals surface area contributed by atoms with Gasteiger partial charge in [-0.3, -0.25) is 14.7 Å². The number of carbonyl (C=O) groups is 1. The Morgan fingerprint density at radius 1 is 0.945 bits per heavy atom. The lowest BCUT2D eigenvalue weighted by atomic mass is 9.84. The number of pyridine rings is 1. The molecule has 0 radical (unpaired) electrons. The highest BCUT2D eigenvalue weighted by molar-refractivity contribution is 7.90. The Morgan fingerprint density at radius 2 is 1.71 bits per heavy atom. The van der Waals surface area contributed by atoms with Crippen LogP contribution >= 0.6 is 0 Å². The summed E-state index contributed by atoms with van der Waals surface area (Å²) in [5, 5.41) is 3.40. The summed E-state index contributed by atoms with van der Waals surface area (Å²) in [6.45, 7) is 10.9. The molecule has 0 spiro atoms. The number of fused-ring (bicyclic) bond motifs is 2. The van der Waals surface area contributed by atoms with Crippen LogP contribution in [0.4, 0.5) is 11.4 Å². The van der Waals surface area contributed by atoms with Crippen LogP contribution in [-0.4, -0.2) is 69.1 Å². The topological polar surface area (TPSA) is 113 Å². The van der Waals surface area contributed by atoms with Crippen LogP contribution in [0.2, 0.25) is 0 Å². The van der Waals surface area contributed by atoms with E-state index in [4.69, 9.17) is 9.47 Å². The fraction of sp³-hybridized carbons (Fsp3) is 0.409. The van der Waals surface area contributed by atoms with Crippen molar-refractivity contribution in [3.63, 3.8) is 0 Å². The number of amides is 1. The molecule has 8 rings (SSSR count). The van der Waals surface area contributed by atoms with Gasteiger partial charge < -0.3 is 19.7 Å². The van der Waals surface area contributed by atoms with E-state index in [2.05, 4.69) is 69.0 Å². The highest BCUT2D eigenvalue weighted by atomic mass is 32.2. The number of sulfonamides is 1. The number of ether oxygens (including phenoxy) is 2. The van der Waals surface area contributed by atoms with Gasteiger partial charge in [-0.15, -0.1) is 0 Å². The molecule has 3 aliphatic heterocycles. The minimum absolute atomic E-state index is 0.00573. The van der Waals surface area contributed by atoms with Crippen LogP contribution in [0.25, 0.3) is 6.08 Å². The van der Waals surface area contributed by atoms with Crippen LogP contribution in [0, 0.1) is 11.8 Å². The monoisotopic (exact) mass is 761 g/mol. The van der Waals surface area contributed by atoms with Crippen LogP contribution in [0.15, 0.2) is 90.0 Å². The van der Waals surface area contributed by atoms with Gasteiger partial charge in [-0.1, -0.05) is 36.4 Å². The number of hydrogen-bond donors (Lipinski definition) is 2. The van der Waals surface area contributed by atoms with E-state index in [1.807, 2.05) is 24.3 Å². The van der Waals surface area contributed by atoms with E-state index >= 15 is 0 Å². The molecule has 0 bridgehead atoms. The molecule has 1 aromatic heterocycles. The summed E-state index contributed by atoms with van der Waals surface area (Å²) >= 11 is 0. The number of nitrogens with one attached hydrogen (secondary N) is 2. The first-order valence-electron chi connectivity index (χ1n) is 19.6. The number of benzene rings is 3. The van der Waals surface area contributed by atoms with Crippen LogP contribution in [-0.2, 0) is 34.1 Å². The van der Waals surface area contributed by atoms with Gasteiger partial charge in [-0.2, -0.15) is 0 Å². The van der Waals surface area contributed by atoms with Crippen molar-refractivity contribution >= 4 is 33.4 Å². The lowest BCUT2D eigenvalue weighted by molar-refractivity contribution is 0.0699. The normalized spacial score (nSPS) is 18.8. The lowest BCUT2D eigenvalue weighted by Gasteiger charge is -2.46. The summed E-state index contributed by atoms with van der Waals surface area (Å²) in [6, 6.07) is 22.6. The molecule has 2 N–H and O–H groups in total. The summed E-state index contributed by atoms with van der Waals surface area (Å²) in [5.41, 5.74) is 6.82. The first-order chi connectivity index (χ1) is 26.6. The van der Waals surface area contributed by atoms with E-state index in [-0.39, 0.29) is 21.7 Å². The number of piperidine rings is 1. The van der Waals surface area contributed by atoms with Crippen LogP contribution in [0.3, 0.4) is 0 Å². The van der Waals surface area contributed by atoms with E-state index in [0.29, 0.717) is 17.6 Å². The molecule has 288 valence electrons. The number of nitrogens with zero attached hydrogens (tertiary/aromatic N) is 3. The third kappa shape index (κ3) is 8.59. The fourth-order valence-electron chi connectivity index (χ4n) is 8.34. The number of carbonyl (C=O) groups excluding carboxylic acids is 1. The standard InChI is InChI=1S/C44H51N5O5S/c1-44(2)26-34-6-3-4-7-35(34)30-49(44)29-32-16-20-48(21-17-32)37-12-15-40(42(25-37)54-38-24-33-8-5-9-41(33)46-28-38)43(50)47-55(51,52)39-13-10-36(11-14-39)45-27-31-18-22-53-23-19-31/h3-8,10-15,24-25,28,31-32,45H,9,16-23,26-27,29-30H2,1-2H3,(H,47,50). The molecule has 10 nitrogen and oxygen atoms in total. The highest BCUT2D eigenvalue weighted by Crippen LogP contribution is 2.36. The predicted octanol–water partition coefficient (Wildman–Crippen LogP) is 7.45.